The molecule has 0 rings (SSSR count). The van der Waals surface area contributed by atoms with Crippen LogP contribution in [0.5, 0.6) is 0 Å². The van der Waals surface area contributed by atoms with Crippen molar-refractivity contribution in [2.24, 2.45) is 0 Å². The van der Waals surface area contributed by atoms with Gasteiger partial charge in [0.2, 0.25) is 0 Å². The molecule has 0 atom stereocenters. The minimum Gasteiger partial charge on any atom is -0.822 e. The Kier molecular flexibility index (Phi) is 56.5. The van der Waals surface area contributed by atoms with Gasteiger partial charge in [0.05, 0.1) is 0 Å². The van der Waals surface area contributed by atoms with Gasteiger partial charge in [0, 0.05) is 0 Å². The zero-order valence-corrected chi connectivity index (χ0v) is 14.9. The largest absolute Gasteiger partial charge is 2.00 e. The monoisotopic (exact) mass is 330 g/mol. The van der Waals surface area contributed by atoms with Crippen molar-refractivity contribution in [3.05, 3.63) is 0 Å². The maximum atomic E-state index is 8.55. The molecule has 15 heavy (non-hydrogen) atoms. The van der Waals surface area contributed by atoms with Gasteiger partial charge in [0.1, 0.15) is 0 Å². The summed E-state index contributed by atoms with van der Waals surface area (Å²) in [5.41, 5.74) is 0. The number of phosphoric acid groups is 2. The quantitative estimate of drug-likeness (QED) is 0.304. The fourth-order valence-corrected chi connectivity index (χ4v) is 0. The van der Waals surface area contributed by atoms with Gasteiger partial charge in [-0.05, 0) is 0 Å². The molecule has 0 amide bonds. The van der Waals surface area contributed by atoms with Crippen LogP contribution in [0.4, 0.5) is 0 Å². The van der Waals surface area contributed by atoms with Crippen LogP contribution in [0.1, 0.15) is 0 Å². The first kappa shape index (κ1) is 42.9. The van der Waals surface area contributed by atoms with E-state index in [2.05, 4.69) is 0 Å². The maximum absolute atomic E-state index is 8.55. The van der Waals surface area contributed by atoms with E-state index >= 15 is 0 Å². The topological polar surface area (TPSA) is 236 Å². The van der Waals surface area contributed by atoms with Crippen LogP contribution in [0, 0.1) is 0 Å². The summed E-state index contributed by atoms with van der Waals surface area (Å²) in [6.07, 6.45) is 0. The van der Waals surface area contributed by atoms with Crippen molar-refractivity contribution in [1.29, 1.82) is 0 Å². The van der Waals surface area contributed by atoms with Crippen molar-refractivity contribution in [2.45, 2.75) is 0 Å². The van der Waals surface area contributed by atoms with Gasteiger partial charge < -0.3 is 49.4 Å². The van der Waals surface area contributed by atoms with Gasteiger partial charge in [-0.2, -0.15) is 15.6 Å². The second kappa shape index (κ2) is 19.8. The van der Waals surface area contributed by atoms with Crippen molar-refractivity contribution < 1.29 is 49.4 Å². The summed E-state index contributed by atoms with van der Waals surface area (Å²) in [7, 11) is -10.8. The SMILES string of the molecule is O.O.O=P([O-])([O-])[O-].O=P([O-])([O-])[O-].[Ca+2].[Ca+2].[Mg+2]. The van der Waals surface area contributed by atoms with E-state index in [9.17, 15) is 0 Å². The second-order valence-electron chi connectivity index (χ2n) is 0.894. The fraction of sp³-hybridized carbons (Fsp3) is 0. The van der Waals surface area contributed by atoms with Crippen LogP contribution in [0.25, 0.3) is 0 Å². The first-order chi connectivity index (χ1) is 4.00. The number of hydrogen-bond acceptors (Lipinski definition) is 8. The maximum Gasteiger partial charge on any atom is 2.00 e. The van der Waals surface area contributed by atoms with Gasteiger partial charge in [0.25, 0.3) is 0 Å². The minimum absolute atomic E-state index is 0. The standard InChI is InChI=1S/2Ca.Mg.2H3O4P.2H2O/c;;;2*1-5(2,3)4;;/h;;;2*(H3,1,2,3,4);2*1H2/q3*+2;;;;/p-6. The molecule has 0 aliphatic rings. The van der Waals surface area contributed by atoms with Crippen molar-refractivity contribution in [3.8, 4) is 0 Å². The molecular weight excluding hydrogens is 326 g/mol. The first-order valence-corrected chi connectivity index (χ1v) is 4.38. The van der Waals surface area contributed by atoms with Crippen molar-refractivity contribution in [2.75, 3.05) is 0 Å². The first-order valence-electron chi connectivity index (χ1n) is 1.46. The van der Waals surface area contributed by atoms with Crippen LogP contribution in [-0.2, 0) is 9.13 Å². The van der Waals surface area contributed by atoms with Crippen LogP contribution in [0.15, 0.2) is 0 Å². The van der Waals surface area contributed by atoms with Gasteiger partial charge in [-0.25, -0.2) is 0 Å². The van der Waals surface area contributed by atoms with Crippen LogP contribution < -0.4 is 29.4 Å². The Bertz CT molecular complexity index is 134. The average molecular weight is 330 g/mol. The van der Waals surface area contributed by atoms with E-state index in [1.54, 1.807) is 0 Å². The van der Waals surface area contributed by atoms with E-state index in [1.807, 2.05) is 0 Å². The van der Waals surface area contributed by atoms with Gasteiger partial charge >= 0.3 is 98.5 Å². The Balaban J connectivity index is -0.0000000128. The van der Waals surface area contributed by atoms with Gasteiger partial charge in [-0.3, -0.25) is 0 Å². The molecule has 0 fully saturated rings. The van der Waals surface area contributed by atoms with Gasteiger partial charge in [0.15, 0.2) is 0 Å². The van der Waals surface area contributed by atoms with Gasteiger partial charge in [-0.1, -0.05) is 0 Å². The molecule has 0 heterocycles. The Morgan fingerprint density at radius 1 is 0.600 bits per heavy atom. The van der Waals surface area contributed by atoms with Crippen molar-refractivity contribution in [3.63, 3.8) is 0 Å². The summed E-state index contributed by atoms with van der Waals surface area (Å²) in [4.78, 5) is 51.3. The molecular formula is H4Ca2MgO10P2. The summed E-state index contributed by atoms with van der Waals surface area (Å²) < 4.78 is 17.1. The molecule has 0 aromatic rings. The van der Waals surface area contributed by atoms with E-state index in [-0.39, 0.29) is 109 Å². The third-order valence-electron chi connectivity index (χ3n) is 0. The molecule has 0 saturated heterocycles. The second-order valence-corrected chi connectivity index (χ2v) is 2.68. The molecule has 0 bridgehead atoms. The van der Waals surface area contributed by atoms with Crippen LogP contribution in [0.2, 0.25) is 0 Å². The molecule has 0 saturated carbocycles. The normalized spacial score (nSPS) is 7.87. The Morgan fingerprint density at radius 2 is 0.600 bits per heavy atom. The molecule has 15 heteroatoms. The van der Waals surface area contributed by atoms with Crippen molar-refractivity contribution >= 4 is 114 Å². The number of rotatable bonds is 0. The molecule has 4 N–H and O–H groups in total. The molecule has 0 radical (unpaired) electrons. The number of hydrogen-bond donors (Lipinski definition) is 0. The predicted octanol–water partition coefficient (Wildman–Crippen LogP) is -8.44. The molecule has 10 nitrogen and oxygen atoms in total. The summed E-state index contributed by atoms with van der Waals surface area (Å²) in [5.74, 6) is 0. The van der Waals surface area contributed by atoms with Crippen molar-refractivity contribution in [1.82, 2.24) is 0 Å². The van der Waals surface area contributed by atoms with Crippen LogP contribution in [-0.4, -0.2) is 109 Å². The molecule has 0 aliphatic carbocycles. The van der Waals surface area contributed by atoms with Crippen LogP contribution in [0.3, 0.4) is 0 Å². The summed E-state index contributed by atoms with van der Waals surface area (Å²) in [5, 5.41) is 0. The summed E-state index contributed by atoms with van der Waals surface area (Å²) >= 11 is 0. The Labute approximate surface area is 161 Å². The third kappa shape index (κ3) is 353. The zero-order chi connectivity index (χ0) is 9.00. The Morgan fingerprint density at radius 3 is 0.600 bits per heavy atom. The van der Waals surface area contributed by atoms with Crippen LogP contribution >= 0.6 is 15.6 Å². The van der Waals surface area contributed by atoms with Gasteiger partial charge in [-0.15, -0.1) is 0 Å². The van der Waals surface area contributed by atoms with E-state index in [0.717, 1.165) is 0 Å². The molecule has 0 unspecified atom stereocenters. The molecule has 0 aromatic heterocycles. The molecule has 0 aromatic carbocycles. The Hall–Kier alpha value is 3.43. The third-order valence-corrected chi connectivity index (χ3v) is 0. The molecule has 0 aliphatic heterocycles. The molecule has 80 valence electrons. The smallest absolute Gasteiger partial charge is 0.822 e. The summed E-state index contributed by atoms with van der Waals surface area (Å²) in [6.45, 7) is 0. The van der Waals surface area contributed by atoms with E-state index in [4.69, 9.17) is 38.5 Å². The predicted molar refractivity (Wildman–Crippen MR) is 39.7 cm³/mol. The van der Waals surface area contributed by atoms with E-state index < -0.39 is 15.6 Å². The zero-order valence-electron chi connectivity index (χ0n) is 7.28. The minimum atomic E-state index is -5.39. The average Bonchev–Trinajstić information content (AvgIpc) is 1.12. The molecule has 0 spiro atoms. The summed E-state index contributed by atoms with van der Waals surface area (Å²) in [6, 6.07) is 0. The van der Waals surface area contributed by atoms with E-state index in [1.165, 1.54) is 0 Å². The van der Waals surface area contributed by atoms with E-state index in [0.29, 0.717) is 0 Å². The fourth-order valence-electron chi connectivity index (χ4n) is 0.